The van der Waals surface area contributed by atoms with Crippen LogP contribution in [0, 0.1) is 5.92 Å². The van der Waals surface area contributed by atoms with E-state index < -0.39 is 0 Å². The Labute approximate surface area is 79.5 Å². The fourth-order valence-corrected chi connectivity index (χ4v) is 2.11. The van der Waals surface area contributed by atoms with Gasteiger partial charge < -0.3 is 10.2 Å². The molecule has 0 saturated carbocycles. The van der Waals surface area contributed by atoms with Gasteiger partial charge in [-0.3, -0.25) is 4.79 Å². The topological polar surface area (TPSA) is 32.3 Å². The molecule has 0 aromatic heterocycles. The second-order valence-corrected chi connectivity index (χ2v) is 4.33. The predicted molar refractivity (Wildman–Crippen MR) is 51.4 cm³/mol. The van der Waals surface area contributed by atoms with Gasteiger partial charge in [-0.2, -0.15) is 0 Å². The van der Waals surface area contributed by atoms with E-state index >= 15 is 0 Å². The largest absolute Gasteiger partial charge is 0.341 e. The van der Waals surface area contributed by atoms with Crippen LogP contribution in [-0.2, 0) is 4.79 Å². The summed E-state index contributed by atoms with van der Waals surface area (Å²) in [6.07, 6.45) is 3.49. The van der Waals surface area contributed by atoms with Gasteiger partial charge in [0.25, 0.3) is 0 Å². The first-order valence-electron chi connectivity index (χ1n) is 5.29. The molecule has 3 nitrogen and oxygen atoms in total. The maximum atomic E-state index is 11.8. The highest BCUT2D eigenvalue weighted by Crippen LogP contribution is 2.17. The summed E-state index contributed by atoms with van der Waals surface area (Å²) in [7, 11) is 0. The Balaban J connectivity index is 1.87. The van der Waals surface area contributed by atoms with Crippen molar-refractivity contribution < 1.29 is 4.79 Å². The second-order valence-electron chi connectivity index (χ2n) is 4.33. The highest BCUT2D eigenvalue weighted by molar-refractivity contribution is 5.82. The van der Waals surface area contributed by atoms with Crippen LogP contribution in [0.25, 0.3) is 0 Å². The van der Waals surface area contributed by atoms with Gasteiger partial charge in [0.1, 0.15) is 0 Å². The van der Waals surface area contributed by atoms with Crippen LogP contribution in [0.4, 0.5) is 0 Å². The molecule has 2 atom stereocenters. The predicted octanol–water partition coefficient (Wildman–Crippen LogP) is 0.607. The number of rotatable bonds is 1. The van der Waals surface area contributed by atoms with Crippen molar-refractivity contribution in [2.45, 2.75) is 32.2 Å². The average Bonchev–Trinajstić information content (AvgIpc) is 2.01. The monoisotopic (exact) mass is 182 g/mol. The van der Waals surface area contributed by atoms with Crippen molar-refractivity contribution in [3.8, 4) is 0 Å². The van der Waals surface area contributed by atoms with Crippen LogP contribution in [0.5, 0.6) is 0 Å². The molecule has 2 heterocycles. The highest BCUT2D eigenvalue weighted by atomic mass is 16.2. The van der Waals surface area contributed by atoms with E-state index in [9.17, 15) is 4.79 Å². The molecule has 0 aromatic carbocycles. The first-order valence-corrected chi connectivity index (χ1v) is 5.29. The summed E-state index contributed by atoms with van der Waals surface area (Å²) < 4.78 is 0. The van der Waals surface area contributed by atoms with E-state index in [0.717, 1.165) is 26.1 Å². The molecule has 2 saturated heterocycles. The van der Waals surface area contributed by atoms with Crippen molar-refractivity contribution in [3.63, 3.8) is 0 Å². The van der Waals surface area contributed by atoms with Crippen molar-refractivity contribution in [1.82, 2.24) is 10.2 Å². The minimum absolute atomic E-state index is 0.144. The average molecular weight is 182 g/mol. The lowest BCUT2D eigenvalue weighted by Crippen LogP contribution is -2.56. The minimum Gasteiger partial charge on any atom is -0.341 e. The van der Waals surface area contributed by atoms with Gasteiger partial charge in [-0.25, -0.2) is 0 Å². The third-order valence-corrected chi connectivity index (χ3v) is 3.09. The molecule has 0 spiro atoms. The Kier molecular flexibility index (Phi) is 2.54. The van der Waals surface area contributed by atoms with Crippen molar-refractivity contribution in [2.75, 3.05) is 19.6 Å². The Hall–Kier alpha value is -0.570. The molecule has 2 fully saturated rings. The van der Waals surface area contributed by atoms with E-state index in [-0.39, 0.29) is 6.04 Å². The van der Waals surface area contributed by atoms with Gasteiger partial charge in [-0.05, 0) is 31.7 Å². The lowest BCUT2D eigenvalue weighted by molar-refractivity contribution is -0.136. The summed E-state index contributed by atoms with van der Waals surface area (Å²) in [6.45, 7) is 5.19. The summed E-state index contributed by atoms with van der Waals surface area (Å²) in [5.74, 6) is 1.02. The van der Waals surface area contributed by atoms with Gasteiger partial charge in [-0.15, -0.1) is 0 Å². The zero-order valence-electron chi connectivity index (χ0n) is 8.25. The molecule has 0 radical (unpaired) electrons. The zero-order chi connectivity index (χ0) is 9.26. The van der Waals surface area contributed by atoms with Gasteiger partial charge in [0.05, 0.1) is 6.04 Å². The molecule has 2 aliphatic rings. The lowest BCUT2D eigenvalue weighted by atomic mass is 9.98. The second kappa shape index (κ2) is 3.66. The van der Waals surface area contributed by atoms with Crippen LogP contribution in [0.2, 0.25) is 0 Å². The van der Waals surface area contributed by atoms with Crippen LogP contribution in [0.1, 0.15) is 26.2 Å². The quantitative estimate of drug-likeness (QED) is 0.644. The fourth-order valence-electron chi connectivity index (χ4n) is 2.11. The smallest absolute Gasteiger partial charge is 0.239 e. The molecule has 1 N–H and O–H groups in total. The molecule has 0 bridgehead atoms. The van der Waals surface area contributed by atoms with Crippen LogP contribution in [0.15, 0.2) is 0 Å². The third kappa shape index (κ3) is 1.85. The highest BCUT2D eigenvalue weighted by Gasteiger charge is 2.30. The number of hydrogen-bond acceptors (Lipinski definition) is 2. The standard InChI is InChI=1S/C10H18N2O/c1-8-3-2-6-12(7-8)10(13)9-4-5-11-9/h8-9,11H,2-7H2,1H3/t8-,9+/m0/s1. The number of nitrogens with one attached hydrogen (secondary N) is 1. The van der Waals surface area contributed by atoms with Crippen molar-refractivity contribution in [1.29, 1.82) is 0 Å². The van der Waals surface area contributed by atoms with E-state index in [1.165, 1.54) is 12.8 Å². The zero-order valence-corrected chi connectivity index (χ0v) is 8.25. The van der Waals surface area contributed by atoms with E-state index in [2.05, 4.69) is 12.2 Å². The summed E-state index contributed by atoms with van der Waals surface area (Å²) in [6, 6.07) is 0.144. The summed E-state index contributed by atoms with van der Waals surface area (Å²) >= 11 is 0. The van der Waals surface area contributed by atoms with Gasteiger partial charge in [0.2, 0.25) is 5.91 Å². The Morgan fingerprint density at radius 2 is 2.23 bits per heavy atom. The Morgan fingerprint density at radius 3 is 2.77 bits per heavy atom. The van der Waals surface area contributed by atoms with E-state index in [1.54, 1.807) is 0 Å². The normalized spacial score (nSPS) is 34.1. The summed E-state index contributed by atoms with van der Waals surface area (Å²) in [4.78, 5) is 13.8. The molecule has 0 aromatic rings. The number of carbonyl (C=O) groups is 1. The lowest BCUT2D eigenvalue weighted by Gasteiger charge is -2.36. The Morgan fingerprint density at radius 1 is 1.46 bits per heavy atom. The third-order valence-electron chi connectivity index (χ3n) is 3.09. The maximum Gasteiger partial charge on any atom is 0.239 e. The van der Waals surface area contributed by atoms with Gasteiger partial charge in [0.15, 0.2) is 0 Å². The minimum atomic E-state index is 0.144. The number of carbonyl (C=O) groups excluding carboxylic acids is 1. The first-order chi connectivity index (χ1) is 6.27. The van der Waals surface area contributed by atoms with E-state index in [4.69, 9.17) is 0 Å². The number of amides is 1. The fraction of sp³-hybridized carbons (Fsp3) is 0.900. The van der Waals surface area contributed by atoms with Crippen molar-refractivity contribution in [2.24, 2.45) is 5.92 Å². The van der Waals surface area contributed by atoms with Crippen LogP contribution < -0.4 is 5.32 Å². The molecule has 74 valence electrons. The molecule has 13 heavy (non-hydrogen) atoms. The Bertz CT molecular complexity index is 201. The van der Waals surface area contributed by atoms with Crippen molar-refractivity contribution in [3.05, 3.63) is 0 Å². The molecule has 0 aliphatic carbocycles. The van der Waals surface area contributed by atoms with Crippen LogP contribution in [-0.4, -0.2) is 36.5 Å². The van der Waals surface area contributed by atoms with E-state index in [1.807, 2.05) is 4.90 Å². The summed E-state index contributed by atoms with van der Waals surface area (Å²) in [5, 5.41) is 3.17. The molecular formula is C10H18N2O. The molecule has 3 heteroatoms. The van der Waals surface area contributed by atoms with Crippen LogP contribution >= 0.6 is 0 Å². The van der Waals surface area contributed by atoms with Crippen LogP contribution in [0.3, 0.4) is 0 Å². The molecule has 2 aliphatic heterocycles. The first kappa shape index (κ1) is 9.00. The number of nitrogens with zero attached hydrogens (tertiary/aromatic N) is 1. The van der Waals surface area contributed by atoms with Gasteiger partial charge in [-0.1, -0.05) is 6.92 Å². The summed E-state index contributed by atoms with van der Waals surface area (Å²) in [5.41, 5.74) is 0. The van der Waals surface area contributed by atoms with Crippen molar-refractivity contribution >= 4 is 5.91 Å². The number of hydrogen-bond donors (Lipinski definition) is 1. The van der Waals surface area contributed by atoms with Gasteiger partial charge >= 0.3 is 0 Å². The number of piperidine rings is 1. The molecule has 1 amide bonds. The molecule has 2 rings (SSSR count). The molecular weight excluding hydrogens is 164 g/mol. The number of likely N-dealkylation sites (tertiary alicyclic amines) is 1. The maximum absolute atomic E-state index is 11.8. The SMILES string of the molecule is C[C@H]1CCCN(C(=O)[C@H]2CCN2)C1. The van der Waals surface area contributed by atoms with Gasteiger partial charge in [0, 0.05) is 13.1 Å². The molecule has 0 unspecified atom stereocenters. The van der Waals surface area contributed by atoms with E-state index in [0.29, 0.717) is 11.8 Å².